The summed E-state index contributed by atoms with van der Waals surface area (Å²) >= 11 is 0. The maximum absolute atomic E-state index is 14.3. The first kappa shape index (κ1) is 30.6. The average molecular weight is 633 g/mol. The van der Waals surface area contributed by atoms with Crippen LogP contribution in [0.5, 0.6) is 5.75 Å². The van der Waals surface area contributed by atoms with E-state index in [-0.39, 0.29) is 32.0 Å². The van der Waals surface area contributed by atoms with Crippen molar-refractivity contribution in [3.63, 3.8) is 0 Å². The summed E-state index contributed by atoms with van der Waals surface area (Å²) in [5.74, 6) is -0.0633. The highest BCUT2D eigenvalue weighted by Gasteiger charge is 2.38. The van der Waals surface area contributed by atoms with Crippen LogP contribution in [-0.4, -0.2) is 61.6 Å². The highest BCUT2D eigenvalue weighted by molar-refractivity contribution is 7.52. The Morgan fingerprint density at radius 3 is 2.73 bits per heavy atom. The summed E-state index contributed by atoms with van der Waals surface area (Å²) in [6.45, 7) is 1.64. The molecule has 0 radical (unpaired) electrons. The SMILES string of the molecule is C[C@H](NP(=O)(OC[C@@H]1C[C@H](O)[C@H](Cn2cnc3c(N)ncnc32)O1)Oc1cccc2ccccc12)C(=O)OCc1ccccc1. The number of aromatic nitrogens is 4. The number of hydrogen-bond acceptors (Lipinski definition) is 11. The van der Waals surface area contributed by atoms with Crippen LogP contribution in [0, 0.1) is 0 Å². The number of carbonyl (C=O) groups excluding carboxylic acids is 1. The van der Waals surface area contributed by atoms with Crippen LogP contribution in [0.15, 0.2) is 85.5 Å². The lowest BCUT2D eigenvalue weighted by Crippen LogP contribution is -2.35. The molecular formula is C31H33N6O7P. The van der Waals surface area contributed by atoms with Crippen LogP contribution in [0.4, 0.5) is 5.82 Å². The van der Waals surface area contributed by atoms with Crippen molar-refractivity contribution in [2.75, 3.05) is 12.3 Å². The smallest absolute Gasteiger partial charge is 0.459 e. The second kappa shape index (κ2) is 13.3. The molecule has 234 valence electrons. The zero-order valence-corrected chi connectivity index (χ0v) is 25.3. The number of nitrogens with one attached hydrogen (secondary N) is 1. The number of ether oxygens (including phenoxy) is 2. The van der Waals surface area contributed by atoms with Crippen molar-refractivity contribution in [3.8, 4) is 5.75 Å². The van der Waals surface area contributed by atoms with Gasteiger partial charge in [0.25, 0.3) is 0 Å². The minimum absolute atomic E-state index is 0.0566. The van der Waals surface area contributed by atoms with Crippen LogP contribution in [-0.2, 0) is 36.5 Å². The van der Waals surface area contributed by atoms with Crippen molar-refractivity contribution >= 4 is 41.5 Å². The molecule has 1 unspecified atom stereocenters. The summed E-state index contributed by atoms with van der Waals surface area (Å²) in [5.41, 5.74) is 7.68. The molecule has 3 aromatic carbocycles. The molecule has 0 spiro atoms. The van der Waals surface area contributed by atoms with Crippen LogP contribution in [0.3, 0.4) is 0 Å². The van der Waals surface area contributed by atoms with E-state index in [0.29, 0.717) is 16.9 Å². The van der Waals surface area contributed by atoms with Crippen molar-refractivity contribution in [2.45, 2.75) is 50.8 Å². The molecule has 0 bridgehead atoms. The molecule has 1 saturated heterocycles. The topological polar surface area (TPSA) is 173 Å². The lowest BCUT2D eigenvalue weighted by Gasteiger charge is -2.24. The van der Waals surface area contributed by atoms with Crippen molar-refractivity contribution < 1.29 is 33.0 Å². The largest absolute Gasteiger partial charge is 0.460 e. The summed E-state index contributed by atoms with van der Waals surface area (Å²) in [6, 6.07) is 21.0. The van der Waals surface area contributed by atoms with Gasteiger partial charge in [0, 0.05) is 11.8 Å². The minimum Gasteiger partial charge on any atom is -0.460 e. The van der Waals surface area contributed by atoms with Gasteiger partial charge >= 0.3 is 13.7 Å². The number of aliphatic hydroxyl groups is 1. The predicted octanol–water partition coefficient (Wildman–Crippen LogP) is 4.01. The molecule has 14 heteroatoms. The summed E-state index contributed by atoms with van der Waals surface area (Å²) in [6.07, 6.45) is 1.04. The lowest BCUT2D eigenvalue weighted by molar-refractivity contribution is -0.146. The third kappa shape index (κ3) is 7.14. The first-order valence-corrected chi connectivity index (χ1v) is 16.0. The van der Waals surface area contributed by atoms with E-state index in [1.54, 1.807) is 23.0 Å². The van der Waals surface area contributed by atoms with E-state index < -0.39 is 38.1 Å². The van der Waals surface area contributed by atoms with Gasteiger partial charge in [0.15, 0.2) is 11.5 Å². The van der Waals surface area contributed by atoms with Crippen LogP contribution in [0.2, 0.25) is 0 Å². The van der Waals surface area contributed by atoms with E-state index in [9.17, 15) is 14.5 Å². The molecule has 0 amide bonds. The zero-order chi connectivity index (χ0) is 31.4. The fourth-order valence-corrected chi connectivity index (χ4v) is 6.67. The van der Waals surface area contributed by atoms with Gasteiger partial charge in [0.1, 0.15) is 36.3 Å². The number of fused-ring (bicyclic) bond motifs is 2. The normalized spacial score (nSPS) is 20.2. The monoisotopic (exact) mass is 632 g/mol. The Hall–Kier alpha value is -4.39. The Bertz CT molecular complexity index is 1830. The molecule has 2 aromatic heterocycles. The van der Waals surface area contributed by atoms with Crippen LogP contribution >= 0.6 is 7.75 Å². The van der Waals surface area contributed by atoms with Gasteiger partial charge in [-0.2, -0.15) is 5.09 Å². The molecule has 45 heavy (non-hydrogen) atoms. The van der Waals surface area contributed by atoms with Gasteiger partial charge in [-0.05, 0) is 23.9 Å². The van der Waals surface area contributed by atoms with Gasteiger partial charge in [-0.1, -0.05) is 66.7 Å². The molecule has 0 aliphatic carbocycles. The van der Waals surface area contributed by atoms with E-state index in [2.05, 4.69) is 20.0 Å². The molecule has 4 N–H and O–H groups in total. The molecule has 1 aliphatic rings. The second-order valence-electron chi connectivity index (χ2n) is 10.7. The summed E-state index contributed by atoms with van der Waals surface area (Å²) in [4.78, 5) is 25.3. The molecule has 1 aliphatic heterocycles. The molecule has 1 fully saturated rings. The van der Waals surface area contributed by atoms with Crippen molar-refractivity contribution in [2.24, 2.45) is 0 Å². The fraction of sp³-hybridized carbons (Fsp3) is 0.290. The number of nitrogens with two attached hydrogens (primary N) is 1. The van der Waals surface area contributed by atoms with Gasteiger partial charge in [-0.15, -0.1) is 0 Å². The fourth-order valence-electron chi connectivity index (χ4n) is 5.13. The van der Waals surface area contributed by atoms with E-state index in [4.69, 9.17) is 24.3 Å². The van der Waals surface area contributed by atoms with Gasteiger partial charge in [-0.3, -0.25) is 9.32 Å². The van der Waals surface area contributed by atoms with E-state index in [1.165, 1.54) is 13.3 Å². The highest BCUT2D eigenvalue weighted by Crippen LogP contribution is 2.47. The van der Waals surface area contributed by atoms with Crippen molar-refractivity contribution in [1.29, 1.82) is 0 Å². The zero-order valence-electron chi connectivity index (χ0n) is 24.4. The van der Waals surface area contributed by atoms with Crippen LogP contribution < -0.4 is 15.3 Å². The minimum atomic E-state index is -4.20. The summed E-state index contributed by atoms with van der Waals surface area (Å²) < 4.78 is 39.4. The Morgan fingerprint density at radius 1 is 1.11 bits per heavy atom. The van der Waals surface area contributed by atoms with E-state index in [1.807, 2.05) is 60.7 Å². The molecule has 0 saturated carbocycles. The third-order valence-electron chi connectivity index (χ3n) is 7.43. The van der Waals surface area contributed by atoms with Crippen LogP contribution in [0.25, 0.3) is 21.9 Å². The number of rotatable bonds is 12. The standard InChI is InChI=1S/C31H33N6O7P/c1-20(31(39)41-16-21-8-3-2-4-9-21)36-45(40,44-26-13-7-11-22-10-5-6-12-24(22)26)42-17-23-14-25(38)27(43-23)15-37-19-35-28-29(32)33-18-34-30(28)37/h2-13,18-20,23,25,27,38H,14-17H2,1H3,(H,36,40)(H2,32,33,34)/t20-,23-,25-,27-,45?/m0/s1. The summed E-state index contributed by atoms with van der Waals surface area (Å²) in [5, 5.41) is 15.1. The lowest BCUT2D eigenvalue weighted by atomic mass is 10.1. The Labute approximate surface area is 258 Å². The number of esters is 1. The number of carbonyl (C=O) groups is 1. The van der Waals surface area contributed by atoms with E-state index in [0.717, 1.165) is 16.3 Å². The van der Waals surface area contributed by atoms with Crippen LogP contribution in [0.1, 0.15) is 18.9 Å². The first-order valence-electron chi connectivity index (χ1n) is 14.4. The molecule has 5 aromatic rings. The molecular weight excluding hydrogens is 599 g/mol. The first-order chi connectivity index (χ1) is 21.8. The van der Waals surface area contributed by atoms with Gasteiger partial charge < -0.3 is 29.4 Å². The number of imidazole rings is 1. The number of nitrogen functional groups attached to an aromatic ring is 1. The number of anilines is 1. The van der Waals surface area contributed by atoms with Gasteiger partial charge in [0.05, 0.1) is 31.7 Å². The summed E-state index contributed by atoms with van der Waals surface area (Å²) in [7, 11) is -4.20. The number of nitrogens with zero attached hydrogens (tertiary/aromatic N) is 4. The predicted molar refractivity (Wildman–Crippen MR) is 166 cm³/mol. The second-order valence-corrected chi connectivity index (χ2v) is 12.4. The van der Waals surface area contributed by atoms with Gasteiger partial charge in [0.2, 0.25) is 0 Å². The Balaban J connectivity index is 1.15. The highest BCUT2D eigenvalue weighted by atomic mass is 31.2. The Morgan fingerprint density at radius 2 is 1.89 bits per heavy atom. The number of aliphatic hydroxyl groups excluding tert-OH is 1. The number of hydrogen-bond donors (Lipinski definition) is 3. The third-order valence-corrected chi connectivity index (χ3v) is 9.06. The molecule has 13 nitrogen and oxygen atoms in total. The van der Waals surface area contributed by atoms with Crippen molar-refractivity contribution in [3.05, 3.63) is 91.0 Å². The maximum Gasteiger partial charge on any atom is 0.459 e. The average Bonchev–Trinajstić information content (AvgIpc) is 3.63. The maximum atomic E-state index is 14.3. The molecule has 5 atom stereocenters. The molecule has 3 heterocycles. The Kier molecular flexibility index (Phi) is 9.06. The number of benzene rings is 3. The van der Waals surface area contributed by atoms with E-state index >= 15 is 0 Å². The van der Waals surface area contributed by atoms with Gasteiger partial charge in [-0.25, -0.2) is 19.5 Å². The molecule has 6 rings (SSSR count). The quantitative estimate of drug-likeness (QED) is 0.133. The van der Waals surface area contributed by atoms with Crippen molar-refractivity contribution in [1.82, 2.24) is 24.6 Å².